The Labute approximate surface area is 375 Å². The van der Waals surface area contributed by atoms with Crippen LogP contribution in [0.3, 0.4) is 0 Å². The molecule has 8 N–H and O–H groups in total. The molecule has 0 aromatic rings. The summed E-state index contributed by atoms with van der Waals surface area (Å²) in [5.41, 5.74) is -4.52. The van der Waals surface area contributed by atoms with E-state index in [1.165, 1.54) is 14.0 Å². The van der Waals surface area contributed by atoms with Crippen molar-refractivity contribution in [3.05, 3.63) is 0 Å². The molecule has 0 bridgehead atoms. The zero-order valence-electron chi connectivity index (χ0n) is 39.2. The first-order valence-corrected chi connectivity index (χ1v) is 22.2. The first-order chi connectivity index (χ1) is 29.6. The third kappa shape index (κ3) is 16.5. The Morgan fingerprint density at radius 2 is 1.33 bits per heavy atom. The highest BCUT2D eigenvalue weighted by molar-refractivity contribution is 5.69. The third-order valence-electron chi connectivity index (χ3n) is 10.7. The van der Waals surface area contributed by atoms with E-state index in [1.54, 1.807) is 62.3 Å². The summed E-state index contributed by atoms with van der Waals surface area (Å²) in [6.45, 7) is 17.9. The highest BCUT2D eigenvalue weighted by Crippen LogP contribution is 2.35. The predicted molar refractivity (Wildman–Crippen MR) is 226 cm³/mol. The van der Waals surface area contributed by atoms with Gasteiger partial charge in [0.15, 0.2) is 18.9 Å². The molecule has 4 fully saturated rings. The topological polar surface area (TPSA) is 284 Å². The van der Waals surface area contributed by atoms with Crippen molar-refractivity contribution >= 4 is 24.4 Å². The number of likely N-dealkylation sites (N-methyl/N-ethyl adjacent to an activating group) is 1. The number of carbonyl (C=O) groups is 4. The fourth-order valence-corrected chi connectivity index (χ4v) is 8.03. The summed E-state index contributed by atoms with van der Waals surface area (Å²) < 4.78 is 53.1. The number of nitrogens with zero attached hydrogens (tertiary/aromatic N) is 1. The van der Waals surface area contributed by atoms with E-state index in [0.717, 1.165) is 24.2 Å². The number of nitrogens with one attached hydrogen (secondary N) is 4. The van der Waals surface area contributed by atoms with Gasteiger partial charge in [0.2, 0.25) is 0 Å². The Balaban J connectivity index is 1.63. The van der Waals surface area contributed by atoms with Crippen LogP contribution >= 0.6 is 0 Å². The van der Waals surface area contributed by atoms with E-state index in [-0.39, 0.29) is 12.7 Å². The Hall–Kier alpha value is -3.32. The number of amides is 4. The number of rotatable bonds is 14. The second kappa shape index (κ2) is 22.4. The highest BCUT2D eigenvalue weighted by atomic mass is 16.7. The van der Waals surface area contributed by atoms with Gasteiger partial charge in [0.05, 0.1) is 43.5 Å². The molecule has 0 spiro atoms. The van der Waals surface area contributed by atoms with E-state index in [0.29, 0.717) is 39.1 Å². The quantitative estimate of drug-likeness (QED) is 0.0916. The summed E-state index contributed by atoms with van der Waals surface area (Å²) in [6.07, 6.45) is -10.8. The van der Waals surface area contributed by atoms with Gasteiger partial charge in [-0.2, -0.15) is 0 Å². The van der Waals surface area contributed by atoms with Crippen LogP contribution < -0.4 is 21.3 Å². The van der Waals surface area contributed by atoms with Gasteiger partial charge in [-0.1, -0.05) is 0 Å². The number of aliphatic hydroxyl groups is 3. The number of aliphatic hydroxyl groups excluding tert-OH is 2. The Morgan fingerprint density at radius 1 is 0.750 bits per heavy atom. The van der Waals surface area contributed by atoms with Gasteiger partial charge in [0.1, 0.15) is 46.8 Å². The summed E-state index contributed by atoms with van der Waals surface area (Å²) in [5.74, 6) is 0. The van der Waals surface area contributed by atoms with E-state index < -0.39 is 121 Å². The van der Waals surface area contributed by atoms with Crippen LogP contribution in [0, 0.1) is 0 Å². The highest BCUT2D eigenvalue weighted by Gasteiger charge is 2.55. The lowest BCUT2D eigenvalue weighted by atomic mass is 9.83. The van der Waals surface area contributed by atoms with Crippen LogP contribution in [0.4, 0.5) is 19.2 Å². The average Bonchev–Trinajstić information content (AvgIpc) is 3.14. The summed E-state index contributed by atoms with van der Waals surface area (Å²) in [6, 6.07) is -4.66. The number of hydrogen-bond acceptors (Lipinski definition) is 17. The van der Waals surface area contributed by atoms with Crippen LogP contribution in [0.2, 0.25) is 0 Å². The molecule has 0 radical (unpaired) electrons. The largest absolute Gasteiger partial charge is 0.465 e. The molecule has 22 heteroatoms. The van der Waals surface area contributed by atoms with Crippen molar-refractivity contribution < 1.29 is 82.2 Å². The van der Waals surface area contributed by atoms with Crippen LogP contribution in [-0.2, 0) is 42.6 Å². The second-order valence-corrected chi connectivity index (χ2v) is 20.1. The van der Waals surface area contributed by atoms with Gasteiger partial charge in [-0.15, -0.1) is 0 Å². The smallest absolute Gasteiger partial charge is 0.410 e. The van der Waals surface area contributed by atoms with Gasteiger partial charge in [0.25, 0.3) is 0 Å². The number of hydrogen-bond donors (Lipinski definition) is 8. The first kappa shape index (κ1) is 53.3. The molecule has 1 aliphatic carbocycles. The lowest BCUT2D eigenvalue weighted by Crippen LogP contribution is -2.70. The maximum atomic E-state index is 13.3. The summed E-state index contributed by atoms with van der Waals surface area (Å²) in [5, 5.41) is 56.5. The van der Waals surface area contributed by atoms with Crippen molar-refractivity contribution in [2.24, 2.45) is 0 Å². The zero-order valence-corrected chi connectivity index (χ0v) is 39.2. The molecule has 13 atom stereocenters. The number of ether oxygens (including phenoxy) is 9. The lowest BCUT2D eigenvalue weighted by molar-refractivity contribution is -0.314. The molecule has 4 rings (SSSR count). The molecule has 3 heterocycles. The van der Waals surface area contributed by atoms with Gasteiger partial charge in [-0.05, 0) is 108 Å². The van der Waals surface area contributed by atoms with Crippen LogP contribution in [0.5, 0.6) is 0 Å². The molecule has 64 heavy (non-hydrogen) atoms. The molecule has 3 saturated heterocycles. The summed E-state index contributed by atoms with van der Waals surface area (Å²) in [7, 11) is 1.33. The first-order valence-electron chi connectivity index (χ1n) is 22.2. The Bertz CT molecular complexity index is 1530. The molecular formula is C42H75N5O17. The van der Waals surface area contributed by atoms with Crippen molar-refractivity contribution in [2.75, 3.05) is 40.0 Å². The molecule has 370 valence electrons. The Morgan fingerprint density at radius 3 is 1.89 bits per heavy atom. The van der Waals surface area contributed by atoms with Crippen LogP contribution in [0.25, 0.3) is 0 Å². The fourth-order valence-electron chi connectivity index (χ4n) is 8.03. The number of alkyl carbamates (subject to hydrolysis) is 2. The minimum atomic E-state index is -1.82. The van der Waals surface area contributed by atoms with Crippen molar-refractivity contribution in [1.82, 2.24) is 26.2 Å². The monoisotopic (exact) mass is 922 g/mol. The van der Waals surface area contributed by atoms with Gasteiger partial charge in [-0.25, -0.2) is 19.2 Å². The van der Waals surface area contributed by atoms with E-state index in [9.17, 15) is 39.6 Å². The van der Waals surface area contributed by atoms with E-state index in [4.69, 9.17) is 42.6 Å². The molecule has 3 aliphatic heterocycles. The number of carbonyl (C=O) groups excluding carboxylic acids is 3. The molecule has 1 unspecified atom stereocenters. The molecule has 0 aromatic carbocycles. The molecule has 22 nitrogen and oxygen atoms in total. The minimum absolute atomic E-state index is 0.246. The SMILES string of the molecule is CN(C(=O)OC(C)(C)C)[C@@H]1[C@@H](O)[C@@H](O[C@@H]2[C@@H](O)[C@H](O[C@H]3O[C@H](CNCCOC4CCCCO4)CC[C@H]3NC(=O)OC(C)(C)C)[C@@H](NC(=O)OC(C)(C)C)C[C@H]2NC(=O)O)OC[C@]1(C)O. The third-order valence-corrected chi connectivity index (χ3v) is 10.7. The van der Waals surface area contributed by atoms with Gasteiger partial charge >= 0.3 is 24.4 Å². The normalized spacial score (nSPS) is 33.9. The van der Waals surface area contributed by atoms with Crippen LogP contribution in [-0.4, -0.2) is 186 Å². The predicted octanol–water partition coefficient (Wildman–Crippen LogP) is 2.29. The second-order valence-electron chi connectivity index (χ2n) is 20.1. The molecule has 4 aliphatic rings. The van der Waals surface area contributed by atoms with E-state index in [1.807, 2.05) is 0 Å². The van der Waals surface area contributed by atoms with Gasteiger partial charge in [0, 0.05) is 26.7 Å². The number of carboxylic acid groups (broad SMARTS) is 1. The fraction of sp³-hybridized carbons (Fsp3) is 0.905. The van der Waals surface area contributed by atoms with Crippen molar-refractivity contribution in [3.63, 3.8) is 0 Å². The van der Waals surface area contributed by atoms with Crippen LogP contribution in [0.15, 0.2) is 0 Å². The Kier molecular flexibility index (Phi) is 18.7. The van der Waals surface area contributed by atoms with Crippen molar-refractivity contribution in [2.45, 2.75) is 204 Å². The maximum Gasteiger partial charge on any atom is 0.410 e. The van der Waals surface area contributed by atoms with Gasteiger partial charge in [-0.3, -0.25) is 0 Å². The summed E-state index contributed by atoms with van der Waals surface area (Å²) >= 11 is 0. The molecule has 4 amide bonds. The lowest BCUT2D eigenvalue weighted by Gasteiger charge is -2.50. The minimum Gasteiger partial charge on any atom is -0.465 e. The van der Waals surface area contributed by atoms with Crippen molar-refractivity contribution in [3.8, 4) is 0 Å². The maximum absolute atomic E-state index is 13.3. The molecular weight excluding hydrogens is 846 g/mol. The van der Waals surface area contributed by atoms with Gasteiger partial charge < -0.3 is 89.2 Å². The molecule has 1 saturated carbocycles. The van der Waals surface area contributed by atoms with Crippen molar-refractivity contribution in [1.29, 1.82) is 0 Å². The zero-order chi connectivity index (χ0) is 47.8. The van der Waals surface area contributed by atoms with Crippen LogP contribution in [0.1, 0.15) is 108 Å². The molecule has 0 aromatic heterocycles. The van der Waals surface area contributed by atoms with E-state index >= 15 is 0 Å². The van der Waals surface area contributed by atoms with E-state index in [2.05, 4.69) is 21.3 Å². The average molecular weight is 922 g/mol. The summed E-state index contributed by atoms with van der Waals surface area (Å²) in [4.78, 5) is 52.9. The standard InChI is InChI=1S/C42H75N5O17/c1-39(2,3)62-36(52)45-24-16-15-23(21-43-17-19-57-27-14-12-13-18-56-27)59-33(24)60-31-26(46-37(53)63-40(4,5)6)20-25(44-35(50)51)30(28(31)48)61-34-29(49)32(42(10,55)22-58-34)47(11)38(54)64-41(7,8)9/h23-34,43-44,48-49,55H,12-22H2,1-11H3,(H,45,52)(H,46,53)(H,50,51)/t23-,24+,25+,26-,27?,28+,29+,30-,31+,32+,33+,34+,42-/m0/s1.